The highest BCUT2D eigenvalue weighted by Gasteiger charge is 2.16. The van der Waals surface area contributed by atoms with Gasteiger partial charge in [-0.05, 0) is 49.8 Å². The Labute approximate surface area is 246 Å². The van der Waals surface area contributed by atoms with Crippen molar-refractivity contribution in [3.05, 3.63) is 51.5 Å². The summed E-state index contributed by atoms with van der Waals surface area (Å²) in [5.41, 5.74) is 1.44. The largest absolute Gasteiger partial charge is 0.492 e. The SMILES string of the molecule is CCOc1cc2ncnc(Nc3ccc(F)c(Cl)c3)c2cc1NC(=O)Cn1nc(SCCCP(=O)(O)O)sc1=S. The zero-order valence-electron chi connectivity index (χ0n) is 20.8. The van der Waals surface area contributed by atoms with Gasteiger partial charge in [0.25, 0.3) is 0 Å². The maximum absolute atomic E-state index is 13.6. The van der Waals surface area contributed by atoms with Crippen LogP contribution in [0.15, 0.2) is 41.0 Å². The average molecular weight is 645 g/mol. The highest BCUT2D eigenvalue weighted by molar-refractivity contribution is 8.01. The van der Waals surface area contributed by atoms with Crippen molar-refractivity contribution in [3.8, 4) is 5.75 Å². The zero-order valence-corrected chi connectivity index (χ0v) is 24.9. The number of nitrogens with one attached hydrogen (secondary N) is 2. The molecule has 0 aliphatic heterocycles. The first-order chi connectivity index (χ1) is 19.0. The average Bonchev–Trinajstić information content (AvgIpc) is 3.23. The minimum absolute atomic E-state index is 0.0432. The monoisotopic (exact) mass is 644 g/mol. The molecule has 0 saturated heterocycles. The molecule has 0 unspecified atom stereocenters. The molecule has 0 radical (unpaired) electrons. The van der Waals surface area contributed by atoms with Crippen LogP contribution in [-0.2, 0) is 15.9 Å². The lowest BCUT2D eigenvalue weighted by Gasteiger charge is -2.15. The second kappa shape index (κ2) is 13.3. The first-order valence-corrected chi connectivity index (χ1v) is 16.1. The summed E-state index contributed by atoms with van der Waals surface area (Å²) >= 11 is 13.8. The lowest BCUT2D eigenvalue weighted by atomic mass is 10.1. The third-order valence-corrected chi connectivity index (χ3v) is 8.91. The summed E-state index contributed by atoms with van der Waals surface area (Å²) in [6, 6.07) is 7.55. The fourth-order valence-electron chi connectivity index (χ4n) is 3.47. The van der Waals surface area contributed by atoms with Crippen molar-refractivity contribution < 1.29 is 28.3 Å². The van der Waals surface area contributed by atoms with Crippen LogP contribution in [-0.4, -0.2) is 54.0 Å². The molecule has 0 spiro atoms. The highest BCUT2D eigenvalue weighted by Crippen LogP contribution is 2.36. The lowest BCUT2D eigenvalue weighted by molar-refractivity contribution is -0.117. The predicted molar refractivity (Wildman–Crippen MR) is 157 cm³/mol. The number of hydrogen-bond acceptors (Lipinski definition) is 10. The van der Waals surface area contributed by atoms with Gasteiger partial charge in [-0.1, -0.05) is 34.7 Å². The smallest absolute Gasteiger partial charge is 0.325 e. The fourth-order valence-corrected chi connectivity index (χ4v) is 6.77. The summed E-state index contributed by atoms with van der Waals surface area (Å²) in [5, 5.41) is 10.8. The van der Waals surface area contributed by atoms with Crippen molar-refractivity contribution in [1.29, 1.82) is 0 Å². The van der Waals surface area contributed by atoms with Gasteiger partial charge in [0.15, 0.2) is 8.29 Å². The van der Waals surface area contributed by atoms with Crippen LogP contribution in [0.3, 0.4) is 0 Å². The van der Waals surface area contributed by atoms with Gasteiger partial charge in [-0.25, -0.2) is 19.0 Å². The van der Waals surface area contributed by atoms with Gasteiger partial charge in [-0.15, -0.1) is 0 Å². The molecule has 0 saturated carbocycles. The van der Waals surface area contributed by atoms with Crippen molar-refractivity contribution in [2.75, 3.05) is 29.2 Å². The lowest BCUT2D eigenvalue weighted by Crippen LogP contribution is -2.20. The normalized spacial score (nSPS) is 11.5. The van der Waals surface area contributed by atoms with Crippen LogP contribution in [0.4, 0.5) is 21.6 Å². The molecule has 11 nitrogen and oxygen atoms in total. The number of carbonyl (C=O) groups excluding carboxylic acids is 1. The number of benzene rings is 2. The van der Waals surface area contributed by atoms with Crippen LogP contribution in [0.2, 0.25) is 5.02 Å². The minimum Gasteiger partial charge on any atom is -0.492 e. The van der Waals surface area contributed by atoms with Crippen molar-refractivity contribution in [3.63, 3.8) is 0 Å². The quantitative estimate of drug-likeness (QED) is 0.0636. The van der Waals surface area contributed by atoms with Crippen molar-refractivity contribution >= 4 is 88.5 Å². The van der Waals surface area contributed by atoms with Gasteiger partial charge < -0.3 is 25.2 Å². The summed E-state index contributed by atoms with van der Waals surface area (Å²) < 4.78 is 32.7. The Kier molecular flexibility index (Phi) is 10.1. The van der Waals surface area contributed by atoms with Crippen LogP contribution in [0.1, 0.15) is 13.3 Å². The van der Waals surface area contributed by atoms with Gasteiger partial charge in [0.2, 0.25) is 5.91 Å². The van der Waals surface area contributed by atoms with Gasteiger partial charge in [-0.2, -0.15) is 5.10 Å². The first-order valence-electron chi connectivity index (χ1n) is 11.7. The minimum atomic E-state index is -4.04. The van der Waals surface area contributed by atoms with E-state index in [1.165, 1.54) is 52.3 Å². The first kappa shape index (κ1) is 30.3. The molecule has 1 amide bonds. The number of nitrogens with zero attached hydrogens (tertiary/aromatic N) is 4. The van der Waals surface area contributed by atoms with E-state index in [0.717, 1.165) is 0 Å². The molecule has 2 heterocycles. The van der Waals surface area contributed by atoms with E-state index in [0.29, 0.717) is 60.9 Å². The molecule has 2 aromatic carbocycles. The number of amides is 1. The number of halogens is 2. The number of aromatic nitrogens is 4. The molecule has 0 aliphatic carbocycles. The fraction of sp³-hybridized carbons (Fsp3) is 0.261. The number of hydrogen-bond donors (Lipinski definition) is 4. The topological polar surface area (TPSA) is 151 Å². The highest BCUT2D eigenvalue weighted by atomic mass is 35.5. The Morgan fingerprint density at radius 2 is 2.10 bits per heavy atom. The number of carbonyl (C=O) groups is 1. The van der Waals surface area contributed by atoms with Gasteiger partial charge in [0.05, 0.1) is 29.0 Å². The third-order valence-electron chi connectivity index (χ3n) is 5.19. The number of thioether (sulfide) groups is 1. The number of rotatable bonds is 12. The molecule has 212 valence electrons. The number of anilines is 3. The predicted octanol–water partition coefficient (Wildman–Crippen LogP) is 5.85. The molecule has 4 rings (SSSR count). The molecule has 0 atom stereocenters. The zero-order chi connectivity index (χ0) is 28.9. The van der Waals surface area contributed by atoms with E-state index in [-0.39, 0.29) is 17.7 Å². The Morgan fingerprint density at radius 3 is 2.83 bits per heavy atom. The Hall–Kier alpha value is -2.65. The molecule has 4 aromatic rings. The van der Waals surface area contributed by atoms with Gasteiger partial charge in [-0.3, -0.25) is 9.36 Å². The van der Waals surface area contributed by atoms with E-state index in [1.54, 1.807) is 12.1 Å². The van der Waals surface area contributed by atoms with E-state index >= 15 is 0 Å². The summed E-state index contributed by atoms with van der Waals surface area (Å²) in [5.74, 6) is 0.319. The van der Waals surface area contributed by atoms with Crippen LogP contribution in [0.5, 0.6) is 5.75 Å². The standard InChI is InChI=1S/C23H23ClFN6O5PS3/c1-2-36-19-10-17-14(21(27-12-26-17)28-13-4-5-16(25)15(24)8-13)9-18(19)29-20(32)11-31-23(38)40-22(30-31)39-7-3-6-37(33,34)35/h4-5,8-10,12H,2-3,6-7,11H2,1H3,(H,29,32)(H,26,27,28)(H2,33,34,35). The molecule has 40 heavy (non-hydrogen) atoms. The van der Waals surface area contributed by atoms with Crippen molar-refractivity contribution in [2.24, 2.45) is 0 Å². The molecular weight excluding hydrogens is 622 g/mol. The molecular formula is C23H23ClFN6O5PS3. The Morgan fingerprint density at radius 1 is 1.30 bits per heavy atom. The van der Waals surface area contributed by atoms with Gasteiger partial charge in [0, 0.05) is 22.9 Å². The van der Waals surface area contributed by atoms with Crippen LogP contribution < -0.4 is 15.4 Å². The summed E-state index contributed by atoms with van der Waals surface area (Å²) in [4.78, 5) is 39.6. The molecule has 4 N–H and O–H groups in total. The number of fused-ring (bicyclic) bond motifs is 1. The molecule has 17 heteroatoms. The van der Waals surface area contributed by atoms with E-state index in [2.05, 4.69) is 25.7 Å². The maximum Gasteiger partial charge on any atom is 0.325 e. The van der Waals surface area contributed by atoms with E-state index in [1.807, 2.05) is 6.92 Å². The second-order valence-corrected chi connectivity index (χ2v) is 13.4. The van der Waals surface area contributed by atoms with Gasteiger partial charge in [0.1, 0.15) is 30.3 Å². The number of ether oxygens (including phenoxy) is 1. The second-order valence-electron chi connectivity index (χ2n) is 8.20. The van der Waals surface area contributed by atoms with Crippen LogP contribution >= 0.6 is 54.5 Å². The summed E-state index contributed by atoms with van der Waals surface area (Å²) in [6.45, 7) is 2.00. The summed E-state index contributed by atoms with van der Waals surface area (Å²) in [6.07, 6.45) is 1.48. The van der Waals surface area contributed by atoms with E-state index in [9.17, 15) is 13.8 Å². The maximum atomic E-state index is 13.6. The Balaban J connectivity index is 1.52. The van der Waals surface area contributed by atoms with Crippen molar-refractivity contribution in [1.82, 2.24) is 19.7 Å². The van der Waals surface area contributed by atoms with E-state index in [4.69, 9.17) is 38.3 Å². The molecule has 0 bridgehead atoms. The summed E-state index contributed by atoms with van der Waals surface area (Å²) in [7, 11) is -4.04. The van der Waals surface area contributed by atoms with E-state index < -0.39 is 19.3 Å². The Bertz CT molecular complexity index is 1650. The molecule has 2 aromatic heterocycles. The molecule has 0 fully saturated rings. The third kappa shape index (κ3) is 8.19. The van der Waals surface area contributed by atoms with Crippen molar-refractivity contribution in [2.45, 2.75) is 24.2 Å². The molecule has 0 aliphatic rings. The van der Waals surface area contributed by atoms with Gasteiger partial charge >= 0.3 is 7.60 Å². The van der Waals surface area contributed by atoms with Crippen LogP contribution in [0, 0.1) is 9.77 Å². The van der Waals surface area contributed by atoms with Crippen LogP contribution in [0.25, 0.3) is 10.9 Å².